The van der Waals surface area contributed by atoms with Crippen molar-refractivity contribution in [1.29, 1.82) is 0 Å². The molecule has 0 aromatic carbocycles. The summed E-state index contributed by atoms with van der Waals surface area (Å²) in [5.74, 6) is -0.136. The Hall–Kier alpha value is -1.07. The van der Waals surface area contributed by atoms with Crippen molar-refractivity contribution in [2.45, 2.75) is 391 Å². The normalized spacial score (nSPS) is 18.8. The zero-order chi connectivity index (χ0) is 54.3. The monoisotopic (exact) mass is 1060 g/mol. The highest BCUT2D eigenvalue weighted by Crippen LogP contribution is 2.24. The second kappa shape index (κ2) is 56.2. The lowest BCUT2D eigenvalue weighted by atomic mass is 9.99. The smallest absolute Gasteiger partial charge is 0.220 e. The fourth-order valence-corrected chi connectivity index (χ4v) is 11.1. The van der Waals surface area contributed by atoms with Gasteiger partial charge in [-0.15, -0.1) is 0 Å². The van der Waals surface area contributed by atoms with Crippen molar-refractivity contribution in [3.8, 4) is 0 Å². The molecule has 1 aliphatic heterocycles. The second-order valence-electron chi connectivity index (χ2n) is 23.6. The average Bonchev–Trinajstić information content (AvgIpc) is 3.41. The molecule has 446 valence electrons. The molecule has 75 heavy (non-hydrogen) atoms. The molecule has 1 aliphatic rings. The molecule has 0 radical (unpaired) electrons. The zero-order valence-corrected chi connectivity index (χ0v) is 49.8. The van der Waals surface area contributed by atoms with Gasteiger partial charge in [0.05, 0.1) is 25.4 Å². The first kappa shape index (κ1) is 71.9. The first-order chi connectivity index (χ1) is 36.8. The van der Waals surface area contributed by atoms with Gasteiger partial charge >= 0.3 is 0 Å². The van der Waals surface area contributed by atoms with Crippen molar-refractivity contribution < 1.29 is 39.8 Å². The molecular weight excluding hydrogens is 935 g/mol. The number of nitrogens with one attached hydrogen (secondary N) is 1. The van der Waals surface area contributed by atoms with E-state index in [4.69, 9.17) is 9.47 Å². The van der Waals surface area contributed by atoms with E-state index in [0.29, 0.717) is 12.8 Å². The van der Waals surface area contributed by atoms with Gasteiger partial charge in [0.25, 0.3) is 0 Å². The van der Waals surface area contributed by atoms with Crippen LogP contribution in [0.15, 0.2) is 12.2 Å². The molecule has 9 heteroatoms. The average molecular weight is 1060 g/mol. The molecule has 1 saturated heterocycles. The van der Waals surface area contributed by atoms with Gasteiger partial charge in [0.15, 0.2) is 6.29 Å². The van der Waals surface area contributed by atoms with Crippen molar-refractivity contribution in [2.24, 2.45) is 0 Å². The van der Waals surface area contributed by atoms with Crippen LogP contribution >= 0.6 is 0 Å². The Morgan fingerprint density at radius 2 is 0.747 bits per heavy atom. The molecule has 1 heterocycles. The summed E-state index contributed by atoms with van der Waals surface area (Å²) in [6.07, 6.45) is 64.1. The van der Waals surface area contributed by atoms with Gasteiger partial charge in [0, 0.05) is 6.42 Å². The molecule has 0 aromatic rings. The van der Waals surface area contributed by atoms with Crippen LogP contribution in [0.5, 0.6) is 0 Å². The first-order valence-electron chi connectivity index (χ1n) is 33.4. The number of amides is 1. The summed E-state index contributed by atoms with van der Waals surface area (Å²) < 4.78 is 11.4. The number of allylic oxidation sites excluding steroid dienone is 2. The van der Waals surface area contributed by atoms with Crippen LogP contribution in [0.1, 0.15) is 348 Å². The molecular formula is C66H129NO8. The van der Waals surface area contributed by atoms with Gasteiger partial charge in [-0.1, -0.05) is 315 Å². The third-order valence-corrected chi connectivity index (χ3v) is 16.4. The molecule has 1 rings (SSSR count). The van der Waals surface area contributed by atoms with Crippen molar-refractivity contribution in [3.63, 3.8) is 0 Å². The molecule has 9 nitrogen and oxygen atoms in total. The van der Waals surface area contributed by atoms with Crippen LogP contribution < -0.4 is 5.32 Å². The Morgan fingerprint density at radius 3 is 1.08 bits per heavy atom. The molecule has 7 atom stereocenters. The van der Waals surface area contributed by atoms with Crippen LogP contribution in [-0.2, 0) is 14.3 Å². The summed E-state index contributed by atoms with van der Waals surface area (Å²) in [5, 5.41) is 54.8. The number of rotatable bonds is 59. The van der Waals surface area contributed by atoms with E-state index in [1.165, 1.54) is 283 Å². The maximum Gasteiger partial charge on any atom is 0.220 e. The standard InChI is InChI=1S/C66H129NO8/c1-3-5-7-9-11-13-15-17-19-21-23-25-26-27-28-29-30-31-32-33-34-35-36-38-40-42-44-46-48-50-52-54-56-62(70)67-59(58-74-66-65(73)64(72)63(71)61(57-68)75-66)60(69)55-53-51-49-47-45-43-41-39-37-24-22-20-18-16-14-12-10-8-6-4-2/h27-28,59-61,63-66,68-69,71-73H,3-26,29-58H2,1-2H3,(H,67,70)/b28-27-. The highest BCUT2D eigenvalue weighted by Gasteiger charge is 2.44. The largest absolute Gasteiger partial charge is 0.394 e. The predicted molar refractivity (Wildman–Crippen MR) is 318 cm³/mol. The Morgan fingerprint density at radius 1 is 0.440 bits per heavy atom. The third kappa shape index (κ3) is 45.4. The van der Waals surface area contributed by atoms with Gasteiger partial charge < -0.3 is 40.3 Å². The lowest BCUT2D eigenvalue weighted by molar-refractivity contribution is -0.302. The highest BCUT2D eigenvalue weighted by molar-refractivity contribution is 5.76. The minimum absolute atomic E-state index is 0.132. The number of carbonyl (C=O) groups is 1. The summed E-state index contributed by atoms with van der Waals surface area (Å²) >= 11 is 0. The third-order valence-electron chi connectivity index (χ3n) is 16.4. The molecule has 7 unspecified atom stereocenters. The number of ether oxygens (including phenoxy) is 2. The molecule has 0 aliphatic carbocycles. The first-order valence-corrected chi connectivity index (χ1v) is 33.4. The van der Waals surface area contributed by atoms with Crippen LogP contribution in [0.25, 0.3) is 0 Å². The summed E-state index contributed by atoms with van der Waals surface area (Å²) in [6.45, 7) is 3.89. The summed E-state index contributed by atoms with van der Waals surface area (Å²) in [7, 11) is 0. The van der Waals surface area contributed by atoms with E-state index in [1.807, 2.05) is 0 Å². The molecule has 0 bridgehead atoms. The minimum atomic E-state index is -1.55. The van der Waals surface area contributed by atoms with Crippen molar-refractivity contribution >= 4 is 5.91 Å². The molecule has 0 saturated carbocycles. The Kier molecular flexibility index (Phi) is 53.9. The fraction of sp³-hybridized carbons (Fsp3) is 0.955. The number of unbranched alkanes of at least 4 members (excludes halogenated alkanes) is 47. The van der Waals surface area contributed by atoms with Crippen molar-refractivity contribution in [3.05, 3.63) is 12.2 Å². The fourth-order valence-electron chi connectivity index (χ4n) is 11.1. The SMILES string of the molecule is CCCCCCCCCCCCCC/C=C\CCCCCCCCCCCCCCCCCCC(=O)NC(COC1OC(CO)C(O)C(O)C1O)C(O)CCCCCCCCCCCCCCCCCCCCCC. The van der Waals surface area contributed by atoms with Crippen molar-refractivity contribution in [1.82, 2.24) is 5.32 Å². The van der Waals surface area contributed by atoms with E-state index in [1.54, 1.807) is 0 Å². The topological polar surface area (TPSA) is 149 Å². The zero-order valence-electron chi connectivity index (χ0n) is 49.8. The van der Waals surface area contributed by atoms with E-state index in [0.717, 1.165) is 38.5 Å². The predicted octanol–water partition coefficient (Wildman–Crippen LogP) is 17.5. The van der Waals surface area contributed by atoms with Gasteiger partial charge in [-0.2, -0.15) is 0 Å². The molecule has 1 amide bonds. The van der Waals surface area contributed by atoms with Gasteiger partial charge in [0.2, 0.25) is 5.91 Å². The Bertz CT molecular complexity index is 1190. The quantitative estimate of drug-likeness (QED) is 0.0261. The maximum absolute atomic E-state index is 13.1. The molecule has 0 spiro atoms. The van der Waals surface area contributed by atoms with Crippen LogP contribution in [-0.4, -0.2) is 87.5 Å². The second-order valence-corrected chi connectivity index (χ2v) is 23.6. The summed E-state index contributed by atoms with van der Waals surface area (Å²) in [5.41, 5.74) is 0. The van der Waals surface area contributed by atoms with E-state index in [9.17, 15) is 30.3 Å². The van der Waals surface area contributed by atoms with E-state index in [-0.39, 0.29) is 12.5 Å². The number of hydrogen-bond acceptors (Lipinski definition) is 8. The lowest BCUT2D eigenvalue weighted by Crippen LogP contribution is -2.60. The number of aliphatic hydroxyl groups is 5. The number of carbonyl (C=O) groups excluding carboxylic acids is 1. The van der Waals surface area contributed by atoms with Crippen LogP contribution in [0, 0.1) is 0 Å². The highest BCUT2D eigenvalue weighted by atomic mass is 16.7. The summed E-state index contributed by atoms with van der Waals surface area (Å²) in [4.78, 5) is 13.1. The van der Waals surface area contributed by atoms with Crippen LogP contribution in [0.3, 0.4) is 0 Å². The maximum atomic E-state index is 13.1. The van der Waals surface area contributed by atoms with Gasteiger partial charge in [0.1, 0.15) is 24.4 Å². The van der Waals surface area contributed by atoms with E-state index < -0.39 is 49.5 Å². The van der Waals surface area contributed by atoms with Gasteiger partial charge in [-0.25, -0.2) is 0 Å². The lowest BCUT2D eigenvalue weighted by Gasteiger charge is -2.40. The molecule has 0 aromatic heterocycles. The van der Waals surface area contributed by atoms with E-state index in [2.05, 4.69) is 31.3 Å². The summed E-state index contributed by atoms with van der Waals surface area (Å²) in [6, 6.07) is -0.716. The number of hydrogen-bond donors (Lipinski definition) is 6. The van der Waals surface area contributed by atoms with Crippen LogP contribution in [0.4, 0.5) is 0 Å². The van der Waals surface area contributed by atoms with Gasteiger partial charge in [-0.05, 0) is 38.5 Å². The molecule has 1 fully saturated rings. The van der Waals surface area contributed by atoms with Gasteiger partial charge in [-0.3, -0.25) is 4.79 Å². The van der Waals surface area contributed by atoms with E-state index >= 15 is 0 Å². The molecule has 6 N–H and O–H groups in total. The minimum Gasteiger partial charge on any atom is -0.394 e. The Balaban J connectivity index is 2.10. The Labute approximate surface area is 465 Å². The number of aliphatic hydroxyl groups excluding tert-OH is 5. The van der Waals surface area contributed by atoms with Crippen LogP contribution in [0.2, 0.25) is 0 Å². The van der Waals surface area contributed by atoms with Crippen molar-refractivity contribution in [2.75, 3.05) is 13.2 Å².